The Labute approximate surface area is 157 Å². The van der Waals surface area contributed by atoms with E-state index in [1.54, 1.807) is 0 Å². The minimum Gasteiger partial charge on any atom is -0.343 e. The zero-order valence-electron chi connectivity index (χ0n) is 14.8. The standard InChI is InChI=1S/C17H28N4O.2ClH/c1-12(2)17-18-7-9-21(17)8-6-16(22)20(3)15-10-13-4-5-14(11-15)19-13;;/h7,9,12-15,19H,4-6,8,10-11H2,1-3H3;2*1H. The maximum absolute atomic E-state index is 12.5. The van der Waals surface area contributed by atoms with Gasteiger partial charge in [0, 0.05) is 56.5 Å². The molecule has 3 heterocycles. The molecule has 1 amide bonds. The van der Waals surface area contributed by atoms with E-state index in [1.165, 1.54) is 12.8 Å². The Bertz CT molecular complexity index is 522. The monoisotopic (exact) mass is 376 g/mol. The zero-order chi connectivity index (χ0) is 15.7. The van der Waals surface area contributed by atoms with Gasteiger partial charge in [0.1, 0.15) is 5.82 Å². The molecule has 138 valence electrons. The number of aromatic nitrogens is 2. The Morgan fingerprint density at radius 1 is 1.33 bits per heavy atom. The Balaban J connectivity index is 0.00000144. The molecule has 0 aromatic carbocycles. The van der Waals surface area contributed by atoms with Gasteiger partial charge in [-0.2, -0.15) is 0 Å². The van der Waals surface area contributed by atoms with E-state index in [1.807, 2.05) is 24.3 Å². The normalized spacial score (nSPS) is 25.1. The van der Waals surface area contributed by atoms with Crippen LogP contribution in [0.1, 0.15) is 57.7 Å². The van der Waals surface area contributed by atoms with Crippen molar-refractivity contribution in [2.24, 2.45) is 0 Å². The number of imidazole rings is 1. The SMILES string of the molecule is CC(C)c1nccn1CCC(=O)N(C)C1CC2CCC(C1)N2.Cl.Cl. The molecule has 2 saturated heterocycles. The average Bonchev–Trinajstić information content (AvgIpc) is 3.10. The van der Waals surface area contributed by atoms with Crippen LogP contribution in [0.3, 0.4) is 0 Å². The van der Waals surface area contributed by atoms with Gasteiger partial charge in [-0.1, -0.05) is 13.8 Å². The number of nitrogens with zero attached hydrogens (tertiary/aromatic N) is 3. The van der Waals surface area contributed by atoms with E-state index >= 15 is 0 Å². The molecule has 2 atom stereocenters. The van der Waals surface area contributed by atoms with Crippen molar-refractivity contribution < 1.29 is 4.79 Å². The number of nitrogens with one attached hydrogen (secondary N) is 1. The third-order valence-corrected chi connectivity index (χ3v) is 5.22. The summed E-state index contributed by atoms with van der Waals surface area (Å²) in [6, 6.07) is 1.67. The summed E-state index contributed by atoms with van der Waals surface area (Å²) in [5.74, 6) is 1.72. The fourth-order valence-electron chi connectivity index (χ4n) is 3.95. The molecule has 2 fully saturated rings. The van der Waals surface area contributed by atoms with E-state index in [2.05, 4.69) is 28.7 Å². The van der Waals surface area contributed by atoms with Crippen LogP contribution in [0, 0.1) is 0 Å². The van der Waals surface area contributed by atoms with Gasteiger partial charge >= 0.3 is 0 Å². The van der Waals surface area contributed by atoms with Crippen molar-refractivity contribution in [3.63, 3.8) is 0 Å². The lowest BCUT2D eigenvalue weighted by molar-refractivity contribution is -0.132. The molecule has 3 rings (SSSR count). The number of halogens is 2. The molecule has 1 N–H and O–H groups in total. The number of carbonyl (C=O) groups is 1. The number of aryl methyl sites for hydroxylation is 1. The van der Waals surface area contributed by atoms with Crippen LogP contribution in [0.15, 0.2) is 12.4 Å². The molecule has 2 unspecified atom stereocenters. The van der Waals surface area contributed by atoms with Crippen LogP contribution in [0.25, 0.3) is 0 Å². The summed E-state index contributed by atoms with van der Waals surface area (Å²) in [5, 5.41) is 3.64. The van der Waals surface area contributed by atoms with Crippen LogP contribution in [0.5, 0.6) is 0 Å². The number of piperidine rings is 1. The lowest BCUT2D eigenvalue weighted by Gasteiger charge is -2.35. The van der Waals surface area contributed by atoms with E-state index in [0.717, 1.165) is 25.2 Å². The highest BCUT2D eigenvalue weighted by Crippen LogP contribution is 2.29. The van der Waals surface area contributed by atoms with Crippen molar-refractivity contribution in [1.82, 2.24) is 19.8 Å². The Morgan fingerprint density at radius 3 is 2.54 bits per heavy atom. The molecule has 2 aliphatic rings. The molecule has 0 radical (unpaired) electrons. The van der Waals surface area contributed by atoms with Crippen molar-refractivity contribution >= 4 is 30.7 Å². The zero-order valence-corrected chi connectivity index (χ0v) is 16.4. The lowest BCUT2D eigenvalue weighted by Crippen LogP contribution is -2.48. The molecule has 2 aliphatic heterocycles. The Kier molecular flexibility index (Phi) is 8.03. The number of rotatable bonds is 5. The van der Waals surface area contributed by atoms with Gasteiger partial charge in [0.2, 0.25) is 5.91 Å². The summed E-state index contributed by atoms with van der Waals surface area (Å²) in [6.45, 7) is 5.00. The molecular formula is C17H30Cl2N4O. The first kappa shape index (κ1) is 21.3. The Morgan fingerprint density at radius 2 is 1.96 bits per heavy atom. The van der Waals surface area contributed by atoms with Crippen LogP contribution in [0.2, 0.25) is 0 Å². The predicted molar refractivity (Wildman–Crippen MR) is 101 cm³/mol. The van der Waals surface area contributed by atoms with Crippen LogP contribution in [0.4, 0.5) is 0 Å². The number of hydrogen-bond acceptors (Lipinski definition) is 3. The summed E-state index contributed by atoms with van der Waals surface area (Å²) >= 11 is 0. The highest BCUT2D eigenvalue weighted by atomic mass is 35.5. The van der Waals surface area contributed by atoms with Gasteiger partial charge < -0.3 is 14.8 Å². The molecule has 24 heavy (non-hydrogen) atoms. The minimum absolute atomic E-state index is 0. The van der Waals surface area contributed by atoms with Gasteiger partial charge in [0.15, 0.2) is 0 Å². The summed E-state index contributed by atoms with van der Waals surface area (Å²) in [4.78, 5) is 18.9. The van der Waals surface area contributed by atoms with Crippen LogP contribution in [-0.2, 0) is 11.3 Å². The molecule has 2 bridgehead atoms. The second-order valence-corrected chi connectivity index (χ2v) is 7.15. The maximum Gasteiger partial charge on any atom is 0.224 e. The van der Waals surface area contributed by atoms with Crippen molar-refractivity contribution in [3.05, 3.63) is 18.2 Å². The Hall–Kier alpha value is -0.780. The second-order valence-electron chi connectivity index (χ2n) is 7.15. The van der Waals surface area contributed by atoms with Crippen LogP contribution in [-0.4, -0.2) is 45.5 Å². The van der Waals surface area contributed by atoms with Gasteiger partial charge in [-0.15, -0.1) is 24.8 Å². The number of amides is 1. The van der Waals surface area contributed by atoms with Gasteiger partial charge in [0.05, 0.1) is 0 Å². The van der Waals surface area contributed by atoms with E-state index in [4.69, 9.17) is 0 Å². The van der Waals surface area contributed by atoms with E-state index in [-0.39, 0.29) is 30.7 Å². The van der Waals surface area contributed by atoms with Gasteiger partial charge in [-0.3, -0.25) is 4.79 Å². The molecule has 1 aromatic heterocycles. The molecule has 7 heteroatoms. The third-order valence-electron chi connectivity index (χ3n) is 5.22. The highest BCUT2D eigenvalue weighted by molar-refractivity contribution is 5.85. The first-order valence-corrected chi connectivity index (χ1v) is 8.57. The molecular weight excluding hydrogens is 347 g/mol. The number of hydrogen-bond donors (Lipinski definition) is 1. The molecule has 0 spiro atoms. The minimum atomic E-state index is 0. The average molecular weight is 377 g/mol. The van der Waals surface area contributed by atoms with Gasteiger partial charge in [-0.25, -0.2) is 4.98 Å². The third kappa shape index (κ3) is 4.64. The first-order valence-electron chi connectivity index (χ1n) is 8.57. The van der Waals surface area contributed by atoms with Gasteiger partial charge in [-0.05, 0) is 25.7 Å². The summed E-state index contributed by atoms with van der Waals surface area (Å²) in [6.07, 6.45) is 9.14. The molecule has 0 aliphatic carbocycles. The topological polar surface area (TPSA) is 50.2 Å². The largest absolute Gasteiger partial charge is 0.343 e. The van der Waals surface area contributed by atoms with E-state index in [9.17, 15) is 4.79 Å². The van der Waals surface area contributed by atoms with E-state index < -0.39 is 0 Å². The van der Waals surface area contributed by atoms with Crippen molar-refractivity contribution in [2.75, 3.05) is 7.05 Å². The summed E-state index contributed by atoms with van der Waals surface area (Å²) in [7, 11) is 1.98. The van der Waals surface area contributed by atoms with Gasteiger partial charge in [0.25, 0.3) is 0 Å². The first-order chi connectivity index (χ1) is 10.5. The fraction of sp³-hybridized carbons (Fsp3) is 0.765. The fourth-order valence-corrected chi connectivity index (χ4v) is 3.95. The molecule has 1 aromatic rings. The lowest BCUT2D eigenvalue weighted by atomic mass is 9.98. The van der Waals surface area contributed by atoms with Crippen LogP contribution >= 0.6 is 24.8 Å². The predicted octanol–water partition coefficient (Wildman–Crippen LogP) is 2.98. The summed E-state index contributed by atoms with van der Waals surface area (Å²) in [5.41, 5.74) is 0. The number of fused-ring (bicyclic) bond motifs is 2. The second kappa shape index (κ2) is 9.07. The maximum atomic E-state index is 12.5. The van der Waals surface area contributed by atoms with Crippen molar-refractivity contribution in [1.29, 1.82) is 0 Å². The van der Waals surface area contributed by atoms with E-state index in [0.29, 0.717) is 30.5 Å². The van der Waals surface area contributed by atoms with Crippen molar-refractivity contribution in [3.8, 4) is 0 Å². The highest BCUT2D eigenvalue weighted by Gasteiger charge is 2.36. The smallest absolute Gasteiger partial charge is 0.224 e. The molecule has 0 saturated carbocycles. The summed E-state index contributed by atoms with van der Waals surface area (Å²) < 4.78 is 2.11. The molecule has 5 nitrogen and oxygen atoms in total. The quantitative estimate of drug-likeness (QED) is 0.858. The van der Waals surface area contributed by atoms with Crippen molar-refractivity contribution in [2.45, 2.75) is 76.5 Å². The van der Waals surface area contributed by atoms with Crippen LogP contribution < -0.4 is 5.32 Å². The number of carbonyl (C=O) groups excluding carboxylic acids is 1.